The lowest BCUT2D eigenvalue weighted by atomic mass is 9.82. The zero-order chi connectivity index (χ0) is 14.7. The fraction of sp³-hybridized carbons (Fsp3) is 0.538. The van der Waals surface area contributed by atoms with Crippen molar-refractivity contribution in [3.05, 3.63) is 24.3 Å². The van der Waals surface area contributed by atoms with Crippen molar-refractivity contribution in [2.24, 2.45) is 18.9 Å². The Labute approximate surface area is 116 Å². The molecule has 1 unspecified atom stereocenters. The van der Waals surface area contributed by atoms with E-state index in [0.717, 1.165) is 0 Å². The summed E-state index contributed by atoms with van der Waals surface area (Å²) in [6.07, 6.45) is 6.08. The maximum atomic E-state index is 12.3. The third-order valence-corrected chi connectivity index (χ3v) is 3.58. The quantitative estimate of drug-likeness (QED) is 0.788. The number of nitrogens with zero attached hydrogens (tertiary/aromatic N) is 3. The van der Waals surface area contributed by atoms with Crippen LogP contribution in [0, 0.1) is 11.8 Å². The normalized spacial score (nSPS) is 23.3. The SMILES string of the molecule is CC(NC(=O)[C@@H]1CC=CC[C@@H]1C(=O)O)c1nncn1C. The van der Waals surface area contributed by atoms with Gasteiger partial charge in [0.1, 0.15) is 6.33 Å². The van der Waals surface area contributed by atoms with E-state index in [1.54, 1.807) is 24.9 Å². The van der Waals surface area contributed by atoms with Gasteiger partial charge in [0.25, 0.3) is 0 Å². The summed E-state index contributed by atoms with van der Waals surface area (Å²) < 4.78 is 1.72. The van der Waals surface area contributed by atoms with Gasteiger partial charge in [-0.05, 0) is 19.8 Å². The molecule has 7 nitrogen and oxygen atoms in total. The Hall–Kier alpha value is -2.18. The van der Waals surface area contributed by atoms with Crippen molar-refractivity contribution >= 4 is 11.9 Å². The second kappa shape index (κ2) is 5.85. The Morgan fingerprint density at radius 2 is 2.05 bits per heavy atom. The Bertz CT molecular complexity index is 537. The Kier molecular flexibility index (Phi) is 4.16. The summed E-state index contributed by atoms with van der Waals surface area (Å²) in [6.45, 7) is 1.80. The molecule has 0 aromatic carbocycles. The zero-order valence-electron chi connectivity index (χ0n) is 11.5. The van der Waals surface area contributed by atoms with E-state index in [1.807, 2.05) is 12.2 Å². The molecule has 1 aromatic rings. The molecule has 2 rings (SSSR count). The van der Waals surface area contributed by atoms with Crippen LogP contribution in [0.2, 0.25) is 0 Å². The number of carboxylic acids is 1. The number of rotatable bonds is 4. The van der Waals surface area contributed by atoms with Crippen molar-refractivity contribution in [1.29, 1.82) is 0 Å². The van der Waals surface area contributed by atoms with E-state index in [9.17, 15) is 14.7 Å². The molecular weight excluding hydrogens is 260 g/mol. The maximum Gasteiger partial charge on any atom is 0.307 e. The second-order valence-electron chi connectivity index (χ2n) is 5.02. The Morgan fingerprint density at radius 1 is 1.40 bits per heavy atom. The molecule has 1 aliphatic rings. The molecule has 1 aliphatic carbocycles. The number of nitrogens with one attached hydrogen (secondary N) is 1. The molecule has 1 aromatic heterocycles. The fourth-order valence-electron chi connectivity index (χ4n) is 2.45. The lowest BCUT2D eigenvalue weighted by Crippen LogP contribution is -2.40. The highest BCUT2D eigenvalue weighted by Crippen LogP contribution is 2.26. The number of aryl methyl sites for hydroxylation is 1. The number of aliphatic carboxylic acids is 1. The lowest BCUT2D eigenvalue weighted by molar-refractivity contribution is -0.147. The molecule has 3 atom stereocenters. The van der Waals surface area contributed by atoms with Gasteiger partial charge in [0.2, 0.25) is 5.91 Å². The molecular formula is C13H18N4O3. The number of allylic oxidation sites excluding steroid dienone is 2. The van der Waals surface area contributed by atoms with Gasteiger partial charge in [-0.2, -0.15) is 0 Å². The second-order valence-corrected chi connectivity index (χ2v) is 5.02. The molecule has 20 heavy (non-hydrogen) atoms. The standard InChI is InChI=1S/C13H18N4O3/c1-8(11-16-14-7-17(11)2)15-12(18)9-5-3-4-6-10(9)13(19)20/h3-4,7-10H,5-6H2,1-2H3,(H,15,18)(H,19,20)/t8?,9-,10+/m1/s1. The molecule has 7 heteroatoms. The minimum absolute atomic E-state index is 0.253. The van der Waals surface area contributed by atoms with Crippen molar-refractivity contribution in [1.82, 2.24) is 20.1 Å². The van der Waals surface area contributed by atoms with Crippen LogP contribution in [0.4, 0.5) is 0 Å². The minimum Gasteiger partial charge on any atom is -0.481 e. The molecule has 0 fully saturated rings. The number of amides is 1. The van der Waals surface area contributed by atoms with Crippen molar-refractivity contribution in [3.8, 4) is 0 Å². The van der Waals surface area contributed by atoms with Gasteiger partial charge in [0.05, 0.1) is 17.9 Å². The van der Waals surface area contributed by atoms with Crippen molar-refractivity contribution < 1.29 is 14.7 Å². The van der Waals surface area contributed by atoms with Crippen molar-refractivity contribution in [2.45, 2.75) is 25.8 Å². The summed E-state index contributed by atoms with van der Waals surface area (Å²) in [5.74, 6) is -1.74. The molecule has 0 saturated carbocycles. The van der Waals surface area contributed by atoms with Gasteiger partial charge in [-0.15, -0.1) is 10.2 Å². The average molecular weight is 278 g/mol. The first-order chi connectivity index (χ1) is 9.50. The Balaban J connectivity index is 2.05. The molecule has 0 radical (unpaired) electrons. The average Bonchev–Trinajstić information content (AvgIpc) is 2.85. The first-order valence-electron chi connectivity index (χ1n) is 6.52. The predicted octanol–water partition coefficient (Wildman–Crippen LogP) is 0.659. The van der Waals surface area contributed by atoms with E-state index in [0.29, 0.717) is 18.7 Å². The summed E-state index contributed by atoms with van der Waals surface area (Å²) in [5.41, 5.74) is 0. The van der Waals surface area contributed by atoms with Gasteiger partial charge < -0.3 is 15.0 Å². The monoisotopic (exact) mass is 278 g/mol. The predicted molar refractivity (Wildman–Crippen MR) is 70.6 cm³/mol. The highest BCUT2D eigenvalue weighted by Gasteiger charge is 2.34. The summed E-state index contributed by atoms with van der Waals surface area (Å²) in [4.78, 5) is 23.5. The van der Waals surface area contributed by atoms with Gasteiger partial charge in [-0.25, -0.2) is 0 Å². The van der Waals surface area contributed by atoms with Crippen LogP contribution in [-0.4, -0.2) is 31.7 Å². The van der Waals surface area contributed by atoms with Gasteiger partial charge in [0.15, 0.2) is 5.82 Å². The number of hydrogen-bond acceptors (Lipinski definition) is 4. The van der Waals surface area contributed by atoms with Crippen LogP contribution in [0.15, 0.2) is 18.5 Å². The van der Waals surface area contributed by atoms with Crippen LogP contribution in [0.5, 0.6) is 0 Å². The number of hydrogen-bond donors (Lipinski definition) is 2. The van der Waals surface area contributed by atoms with Crippen LogP contribution in [0.3, 0.4) is 0 Å². The van der Waals surface area contributed by atoms with E-state index in [1.165, 1.54) is 0 Å². The number of carboxylic acid groups (broad SMARTS) is 1. The first-order valence-corrected chi connectivity index (χ1v) is 6.52. The number of aromatic nitrogens is 3. The van der Waals surface area contributed by atoms with E-state index >= 15 is 0 Å². The largest absolute Gasteiger partial charge is 0.481 e. The third kappa shape index (κ3) is 2.87. The van der Waals surface area contributed by atoms with E-state index in [-0.39, 0.29) is 11.9 Å². The van der Waals surface area contributed by atoms with Gasteiger partial charge in [-0.3, -0.25) is 9.59 Å². The fourth-order valence-corrected chi connectivity index (χ4v) is 2.45. The zero-order valence-corrected chi connectivity index (χ0v) is 11.5. The van der Waals surface area contributed by atoms with Crippen LogP contribution < -0.4 is 5.32 Å². The summed E-state index contributed by atoms with van der Waals surface area (Å²) in [5, 5.41) is 19.7. The van der Waals surface area contributed by atoms with Gasteiger partial charge >= 0.3 is 5.97 Å². The molecule has 108 valence electrons. The number of carbonyl (C=O) groups is 2. The van der Waals surface area contributed by atoms with Gasteiger partial charge in [-0.1, -0.05) is 12.2 Å². The Morgan fingerprint density at radius 3 is 2.60 bits per heavy atom. The van der Waals surface area contributed by atoms with E-state index < -0.39 is 17.8 Å². The number of carbonyl (C=O) groups excluding carboxylic acids is 1. The van der Waals surface area contributed by atoms with Crippen LogP contribution in [-0.2, 0) is 16.6 Å². The van der Waals surface area contributed by atoms with Crippen LogP contribution in [0.1, 0.15) is 31.6 Å². The molecule has 1 amide bonds. The highest BCUT2D eigenvalue weighted by molar-refractivity contribution is 5.85. The summed E-state index contributed by atoms with van der Waals surface area (Å²) in [6, 6.07) is -0.310. The summed E-state index contributed by atoms with van der Waals surface area (Å²) in [7, 11) is 1.79. The smallest absolute Gasteiger partial charge is 0.307 e. The topological polar surface area (TPSA) is 97.1 Å². The van der Waals surface area contributed by atoms with Gasteiger partial charge in [0, 0.05) is 7.05 Å². The maximum absolute atomic E-state index is 12.3. The molecule has 1 heterocycles. The summed E-state index contributed by atoms with van der Waals surface area (Å²) >= 11 is 0. The van der Waals surface area contributed by atoms with Crippen molar-refractivity contribution in [3.63, 3.8) is 0 Å². The van der Waals surface area contributed by atoms with Crippen LogP contribution in [0.25, 0.3) is 0 Å². The van der Waals surface area contributed by atoms with Crippen molar-refractivity contribution in [2.75, 3.05) is 0 Å². The van der Waals surface area contributed by atoms with Crippen LogP contribution >= 0.6 is 0 Å². The van der Waals surface area contributed by atoms with E-state index in [2.05, 4.69) is 15.5 Å². The highest BCUT2D eigenvalue weighted by atomic mass is 16.4. The molecule has 0 spiro atoms. The third-order valence-electron chi connectivity index (χ3n) is 3.58. The molecule has 0 bridgehead atoms. The minimum atomic E-state index is -0.930. The molecule has 2 N–H and O–H groups in total. The lowest BCUT2D eigenvalue weighted by Gasteiger charge is -2.25. The molecule has 0 saturated heterocycles. The van der Waals surface area contributed by atoms with E-state index in [4.69, 9.17) is 0 Å². The first kappa shape index (κ1) is 14.2. The molecule has 0 aliphatic heterocycles.